The molecule has 1 fully saturated rings. The average molecular weight is 397 g/mol. The van der Waals surface area contributed by atoms with E-state index in [2.05, 4.69) is 20.9 Å². The molecule has 0 atom stereocenters. The molecule has 1 aliphatic heterocycles. The predicted octanol–water partition coefficient (Wildman–Crippen LogP) is 3.29. The van der Waals surface area contributed by atoms with Gasteiger partial charge in [-0.1, -0.05) is 39.0 Å². The second-order valence-electron chi connectivity index (χ2n) is 8.40. The molecule has 0 radical (unpaired) electrons. The van der Waals surface area contributed by atoms with Crippen molar-refractivity contribution in [2.24, 2.45) is 5.41 Å². The van der Waals surface area contributed by atoms with Gasteiger partial charge in [0.05, 0.1) is 12.8 Å². The minimum Gasteiger partial charge on any atom is -0.495 e. The maximum Gasteiger partial charge on any atom is 0.233 e. The van der Waals surface area contributed by atoms with Crippen LogP contribution >= 0.6 is 0 Å². The number of amides is 1. The Morgan fingerprint density at radius 3 is 2.38 bits per heavy atom. The van der Waals surface area contributed by atoms with Crippen molar-refractivity contribution in [3.63, 3.8) is 0 Å². The fraction of sp³-hybridized carbons (Fsp3) is 0.478. The molecule has 1 saturated heterocycles. The van der Waals surface area contributed by atoms with E-state index in [0.717, 1.165) is 50.0 Å². The van der Waals surface area contributed by atoms with Gasteiger partial charge < -0.3 is 9.64 Å². The Morgan fingerprint density at radius 2 is 1.76 bits per heavy atom. The topological polar surface area (TPSA) is 48.9 Å². The minimum absolute atomic E-state index is 0.101. The van der Waals surface area contributed by atoms with E-state index in [1.807, 2.05) is 62.1 Å². The molecule has 0 N–H and O–H groups in total. The summed E-state index contributed by atoms with van der Waals surface area (Å²) in [7, 11) is 1.72. The van der Waals surface area contributed by atoms with Crippen LogP contribution in [0.5, 0.6) is 5.75 Å². The van der Waals surface area contributed by atoms with Crippen LogP contribution in [0.25, 0.3) is 0 Å². The highest BCUT2D eigenvalue weighted by atomic mass is 16.5. The quantitative estimate of drug-likeness (QED) is 0.750. The van der Waals surface area contributed by atoms with Gasteiger partial charge in [-0.2, -0.15) is 0 Å². The number of nitrogens with zero attached hydrogens (tertiary/aromatic N) is 4. The molecular formula is C23H32N4O2. The lowest BCUT2D eigenvalue weighted by molar-refractivity contribution is -0.125. The number of aromatic nitrogens is 1. The molecule has 1 amide bonds. The number of methoxy groups -OCH3 is 1. The first kappa shape index (κ1) is 21.1. The lowest BCUT2D eigenvalue weighted by atomic mass is 9.94. The predicted molar refractivity (Wildman–Crippen MR) is 118 cm³/mol. The van der Waals surface area contributed by atoms with E-state index >= 15 is 0 Å². The molecule has 6 nitrogen and oxygen atoms in total. The zero-order valence-corrected chi connectivity index (χ0v) is 18.0. The number of benzene rings is 1. The Hall–Kier alpha value is -2.60. The van der Waals surface area contributed by atoms with Crippen molar-refractivity contribution in [3.05, 3.63) is 48.7 Å². The monoisotopic (exact) mass is 396 g/mol. The molecule has 0 spiro atoms. The summed E-state index contributed by atoms with van der Waals surface area (Å²) < 4.78 is 5.51. The molecule has 1 aromatic heterocycles. The summed E-state index contributed by atoms with van der Waals surface area (Å²) in [5.74, 6) is 1.74. The molecule has 1 aliphatic rings. The Kier molecular flexibility index (Phi) is 6.75. The minimum atomic E-state index is -0.444. The fourth-order valence-corrected chi connectivity index (χ4v) is 3.58. The number of anilines is 2. The van der Waals surface area contributed by atoms with Crippen molar-refractivity contribution in [1.29, 1.82) is 0 Å². The largest absolute Gasteiger partial charge is 0.495 e. The molecule has 2 heterocycles. The van der Waals surface area contributed by atoms with Gasteiger partial charge in [-0.05, 0) is 24.3 Å². The summed E-state index contributed by atoms with van der Waals surface area (Å²) in [5.41, 5.74) is 0.702. The molecule has 0 bridgehead atoms. The average Bonchev–Trinajstić information content (AvgIpc) is 2.74. The molecule has 1 aromatic carbocycles. The maximum atomic E-state index is 13.0. The number of hydrogen-bond donors (Lipinski definition) is 0. The Balaban J connectivity index is 1.61. The summed E-state index contributed by atoms with van der Waals surface area (Å²) in [6.07, 6.45) is 1.74. The second-order valence-corrected chi connectivity index (χ2v) is 8.40. The molecule has 6 heteroatoms. The van der Waals surface area contributed by atoms with Crippen molar-refractivity contribution in [2.75, 3.05) is 56.2 Å². The standard InChI is InChI=1S/C23H32N4O2/c1-23(2,3)22(28)27(21-11-7-8-12-24-21)18-15-25-13-16-26(17-14-25)19-9-5-6-10-20(19)29-4/h5-12H,13-18H2,1-4H3. The number of ether oxygens (including phenoxy) is 1. The van der Waals surface area contributed by atoms with Crippen molar-refractivity contribution in [2.45, 2.75) is 20.8 Å². The normalized spacial score (nSPS) is 15.2. The molecule has 0 aliphatic carbocycles. The SMILES string of the molecule is COc1ccccc1N1CCN(CCN(C(=O)C(C)(C)C)c2ccccn2)CC1. The molecule has 2 aromatic rings. The lowest BCUT2D eigenvalue weighted by Gasteiger charge is -2.38. The zero-order valence-electron chi connectivity index (χ0n) is 18.0. The Morgan fingerprint density at radius 1 is 1.07 bits per heavy atom. The van der Waals surface area contributed by atoms with E-state index < -0.39 is 5.41 Å². The van der Waals surface area contributed by atoms with E-state index in [9.17, 15) is 4.79 Å². The highest BCUT2D eigenvalue weighted by Gasteiger charge is 2.29. The van der Waals surface area contributed by atoms with E-state index in [1.165, 1.54) is 0 Å². The molecule has 29 heavy (non-hydrogen) atoms. The smallest absolute Gasteiger partial charge is 0.233 e. The number of carbonyl (C=O) groups excluding carboxylic acids is 1. The zero-order chi connectivity index (χ0) is 20.9. The lowest BCUT2D eigenvalue weighted by Crippen LogP contribution is -2.50. The van der Waals surface area contributed by atoms with Crippen LogP contribution < -0.4 is 14.5 Å². The van der Waals surface area contributed by atoms with Crippen molar-refractivity contribution in [3.8, 4) is 5.75 Å². The summed E-state index contributed by atoms with van der Waals surface area (Å²) in [6.45, 7) is 11.1. The van der Waals surface area contributed by atoms with Crippen LogP contribution in [0.3, 0.4) is 0 Å². The first-order valence-electron chi connectivity index (χ1n) is 10.2. The van der Waals surface area contributed by atoms with Gasteiger partial charge in [0.1, 0.15) is 11.6 Å². The van der Waals surface area contributed by atoms with Gasteiger partial charge in [-0.15, -0.1) is 0 Å². The molecule has 0 saturated carbocycles. The van der Waals surface area contributed by atoms with Gasteiger partial charge in [-0.25, -0.2) is 4.98 Å². The number of rotatable bonds is 6. The van der Waals surface area contributed by atoms with Gasteiger partial charge >= 0.3 is 0 Å². The third-order valence-corrected chi connectivity index (χ3v) is 5.25. The molecule has 3 rings (SSSR count). The van der Waals surface area contributed by atoms with Crippen LogP contribution in [0.4, 0.5) is 11.5 Å². The second kappa shape index (κ2) is 9.27. The number of piperazine rings is 1. The maximum absolute atomic E-state index is 13.0. The van der Waals surface area contributed by atoms with Crippen LogP contribution in [0.1, 0.15) is 20.8 Å². The number of hydrogen-bond acceptors (Lipinski definition) is 5. The molecule has 0 unspecified atom stereocenters. The summed E-state index contributed by atoms with van der Waals surface area (Å²) in [5, 5.41) is 0. The van der Waals surface area contributed by atoms with Crippen molar-refractivity contribution in [1.82, 2.24) is 9.88 Å². The van der Waals surface area contributed by atoms with E-state index in [-0.39, 0.29) is 5.91 Å². The van der Waals surface area contributed by atoms with Crippen LogP contribution in [0.2, 0.25) is 0 Å². The van der Waals surface area contributed by atoms with E-state index in [1.54, 1.807) is 13.3 Å². The number of carbonyl (C=O) groups is 1. The summed E-state index contributed by atoms with van der Waals surface area (Å²) >= 11 is 0. The number of pyridine rings is 1. The van der Waals surface area contributed by atoms with Crippen molar-refractivity contribution < 1.29 is 9.53 Å². The third kappa shape index (κ3) is 5.26. The molecule has 156 valence electrons. The first-order chi connectivity index (χ1) is 13.9. The molecular weight excluding hydrogens is 364 g/mol. The highest BCUT2D eigenvalue weighted by molar-refractivity contribution is 5.96. The Labute approximate surface area is 174 Å². The fourth-order valence-electron chi connectivity index (χ4n) is 3.58. The van der Waals surface area contributed by atoms with Crippen LogP contribution in [0.15, 0.2) is 48.7 Å². The van der Waals surface area contributed by atoms with Gasteiger partial charge in [0.2, 0.25) is 5.91 Å². The first-order valence-corrected chi connectivity index (χ1v) is 10.2. The summed E-state index contributed by atoms with van der Waals surface area (Å²) in [4.78, 5) is 24.0. The summed E-state index contributed by atoms with van der Waals surface area (Å²) in [6, 6.07) is 13.9. The van der Waals surface area contributed by atoms with Gasteiger partial charge in [0.15, 0.2) is 0 Å². The van der Waals surface area contributed by atoms with Gasteiger partial charge in [0.25, 0.3) is 0 Å². The Bertz CT molecular complexity index is 796. The van der Waals surface area contributed by atoms with Gasteiger partial charge in [0, 0.05) is 50.9 Å². The van der Waals surface area contributed by atoms with Crippen LogP contribution in [-0.2, 0) is 4.79 Å². The van der Waals surface area contributed by atoms with E-state index in [4.69, 9.17) is 4.74 Å². The van der Waals surface area contributed by atoms with Gasteiger partial charge in [-0.3, -0.25) is 14.6 Å². The van der Waals surface area contributed by atoms with Crippen LogP contribution in [-0.4, -0.2) is 62.2 Å². The number of para-hydroxylation sites is 2. The highest BCUT2D eigenvalue weighted by Crippen LogP contribution is 2.28. The van der Waals surface area contributed by atoms with Crippen molar-refractivity contribution >= 4 is 17.4 Å². The third-order valence-electron chi connectivity index (χ3n) is 5.25. The van der Waals surface area contributed by atoms with Crippen LogP contribution in [0, 0.1) is 5.41 Å². The van der Waals surface area contributed by atoms with E-state index in [0.29, 0.717) is 6.54 Å².